The molecule has 17 heavy (non-hydrogen) atoms. The van der Waals surface area contributed by atoms with E-state index >= 15 is 0 Å². The van der Waals surface area contributed by atoms with E-state index in [1.165, 1.54) is 0 Å². The maximum absolute atomic E-state index is 4.52. The van der Waals surface area contributed by atoms with Crippen molar-refractivity contribution >= 4 is 11.3 Å². The summed E-state index contributed by atoms with van der Waals surface area (Å²) < 4.78 is 1.91. The van der Waals surface area contributed by atoms with Crippen molar-refractivity contribution in [2.75, 3.05) is 24.5 Å². The Labute approximate surface area is 100 Å². The summed E-state index contributed by atoms with van der Waals surface area (Å²) in [7, 11) is 0. The van der Waals surface area contributed by atoms with Crippen molar-refractivity contribution in [3.63, 3.8) is 0 Å². The lowest BCUT2D eigenvalue weighted by molar-refractivity contribution is 0.482. The highest BCUT2D eigenvalue weighted by molar-refractivity contribution is 5.69. The molecule has 0 bridgehead atoms. The van der Waals surface area contributed by atoms with Crippen LogP contribution in [-0.2, 0) is 0 Å². The minimum absolute atomic E-state index is 0.509. The normalized spacial score (nSPS) is 21.1. The predicted octanol–water partition coefficient (Wildman–Crippen LogP) is 0.836. The van der Waals surface area contributed by atoms with Crippen LogP contribution < -0.4 is 10.2 Å². The van der Waals surface area contributed by atoms with Crippen molar-refractivity contribution in [3.05, 3.63) is 24.2 Å². The molecule has 1 fully saturated rings. The summed E-state index contributed by atoms with van der Waals surface area (Å²) in [4.78, 5) is 6.85. The van der Waals surface area contributed by atoms with Crippen LogP contribution in [0.1, 0.15) is 12.6 Å². The lowest BCUT2D eigenvalue weighted by atomic mass is 10.2. The molecule has 90 valence electrons. The van der Waals surface area contributed by atoms with Crippen LogP contribution in [-0.4, -0.2) is 40.3 Å². The first-order valence-corrected chi connectivity index (χ1v) is 6.03. The second-order valence-corrected chi connectivity index (χ2v) is 4.67. The highest BCUT2D eigenvalue weighted by atomic mass is 15.3. The van der Waals surface area contributed by atoms with Gasteiger partial charge in [-0.3, -0.25) is 0 Å². The van der Waals surface area contributed by atoms with Crippen molar-refractivity contribution in [3.8, 4) is 0 Å². The number of hydrogen-bond acceptors (Lipinski definition) is 4. The molecular formula is C12H17N5. The van der Waals surface area contributed by atoms with Gasteiger partial charge in [0.05, 0.1) is 5.69 Å². The van der Waals surface area contributed by atoms with Gasteiger partial charge in [0.25, 0.3) is 0 Å². The first-order valence-electron chi connectivity index (χ1n) is 6.03. The predicted molar refractivity (Wildman–Crippen MR) is 67.4 cm³/mol. The van der Waals surface area contributed by atoms with Gasteiger partial charge < -0.3 is 10.2 Å². The van der Waals surface area contributed by atoms with E-state index in [1.54, 1.807) is 0 Å². The molecule has 0 radical (unpaired) electrons. The smallest absolute Gasteiger partial charge is 0.154 e. The van der Waals surface area contributed by atoms with E-state index in [0.717, 1.165) is 36.7 Å². The summed E-state index contributed by atoms with van der Waals surface area (Å²) in [6.45, 7) is 7.22. The second kappa shape index (κ2) is 4.00. The first kappa shape index (κ1) is 10.5. The number of piperazine rings is 1. The van der Waals surface area contributed by atoms with Crippen LogP contribution in [0.15, 0.2) is 18.5 Å². The maximum Gasteiger partial charge on any atom is 0.154 e. The lowest BCUT2D eigenvalue weighted by Crippen LogP contribution is -2.49. The van der Waals surface area contributed by atoms with Gasteiger partial charge in [-0.2, -0.15) is 5.10 Å². The highest BCUT2D eigenvalue weighted by Gasteiger charge is 2.19. The third-order valence-electron chi connectivity index (χ3n) is 3.16. The van der Waals surface area contributed by atoms with E-state index in [9.17, 15) is 0 Å². The molecule has 1 N–H and O–H groups in total. The Morgan fingerprint density at radius 2 is 2.35 bits per heavy atom. The van der Waals surface area contributed by atoms with Crippen LogP contribution in [0.25, 0.3) is 5.52 Å². The molecule has 0 saturated carbocycles. The maximum atomic E-state index is 4.52. The van der Waals surface area contributed by atoms with Crippen molar-refractivity contribution in [2.45, 2.75) is 19.9 Å². The molecule has 2 aromatic rings. The van der Waals surface area contributed by atoms with Gasteiger partial charge in [0, 0.05) is 38.1 Å². The van der Waals surface area contributed by atoms with Gasteiger partial charge >= 0.3 is 0 Å². The zero-order valence-corrected chi connectivity index (χ0v) is 10.2. The van der Waals surface area contributed by atoms with Gasteiger partial charge in [0.1, 0.15) is 5.52 Å². The summed E-state index contributed by atoms with van der Waals surface area (Å²) in [5, 5.41) is 7.87. The van der Waals surface area contributed by atoms with E-state index in [-0.39, 0.29) is 0 Å². The summed E-state index contributed by atoms with van der Waals surface area (Å²) >= 11 is 0. The fraction of sp³-hybridized carbons (Fsp3) is 0.500. The molecule has 5 heteroatoms. The van der Waals surface area contributed by atoms with Gasteiger partial charge in [-0.1, -0.05) is 0 Å². The fourth-order valence-electron chi connectivity index (χ4n) is 2.40. The molecule has 1 aliphatic heterocycles. The SMILES string of the molecule is Cc1cc2c(N3CCNC(C)C3)nccn2n1. The van der Waals surface area contributed by atoms with Gasteiger partial charge in [0.15, 0.2) is 5.82 Å². The lowest BCUT2D eigenvalue weighted by Gasteiger charge is -2.32. The van der Waals surface area contributed by atoms with Gasteiger partial charge in [0.2, 0.25) is 0 Å². The minimum atomic E-state index is 0.509. The molecule has 1 atom stereocenters. The third-order valence-corrected chi connectivity index (χ3v) is 3.16. The molecule has 1 saturated heterocycles. The molecule has 0 aliphatic carbocycles. The molecule has 1 aliphatic rings. The van der Waals surface area contributed by atoms with Crippen molar-refractivity contribution in [2.24, 2.45) is 0 Å². The van der Waals surface area contributed by atoms with E-state index < -0.39 is 0 Å². The van der Waals surface area contributed by atoms with Crippen LogP contribution in [0.3, 0.4) is 0 Å². The monoisotopic (exact) mass is 231 g/mol. The zero-order chi connectivity index (χ0) is 11.8. The number of fused-ring (bicyclic) bond motifs is 1. The Bertz CT molecular complexity index is 533. The molecule has 3 heterocycles. The van der Waals surface area contributed by atoms with Crippen LogP contribution >= 0.6 is 0 Å². The molecular weight excluding hydrogens is 214 g/mol. The molecule has 5 nitrogen and oxygen atoms in total. The quantitative estimate of drug-likeness (QED) is 0.790. The second-order valence-electron chi connectivity index (χ2n) is 4.67. The van der Waals surface area contributed by atoms with Crippen LogP contribution in [0, 0.1) is 6.92 Å². The number of anilines is 1. The van der Waals surface area contributed by atoms with E-state index in [0.29, 0.717) is 6.04 Å². The number of aromatic nitrogens is 3. The van der Waals surface area contributed by atoms with Gasteiger partial charge in [-0.25, -0.2) is 9.50 Å². The van der Waals surface area contributed by atoms with Crippen molar-refractivity contribution < 1.29 is 0 Å². The Kier molecular flexibility index (Phi) is 2.48. The molecule has 1 unspecified atom stereocenters. The van der Waals surface area contributed by atoms with E-state index in [1.807, 2.05) is 23.8 Å². The fourth-order valence-corrected chi connectivity index (χ4v) is 2.40. The number of aryl methyl sites for hydroxylation is 1. The summed E-state index contributed by atoms with van der Waals surface area (Å²) in [6.07, 6.45) is 3.72. The number of rotatable bonds is 1. The zero-order valence-electron chi connectivity index (χ0n) is 10.2. The van der Waals surface area contributed by atoms with E-state index in [4.69, 9.17) is 0 Å². The number of nitrogens with one attached hydrogen (secondary N) is 1. The largest absolute Gasteiger partial charge is 0.352 e. The van der Waals surface area contributed by atoms with Crippen molar-refractivity contribution in [1.29, 1.82) is 0 Å². The van der Waals surface area contributed by atoms with Crippen LogP contribution in [0.5, 0.6) is 0 Å². The van der Waals surface area contributed by atoms with Gasteiger partial charge in [-0.15, -0.1) is 0 Å². The standard InChI is InChI=1S/C12H17N5/c1-9-7-11-12(14-4-6-17(11)15-9)16-5-3-13-10(2)8-16/h4,6-7,10,13H,3,5,8H2,1-2H3. The number of hydrogen-bond donors (Lipinski definition) is 1. The Morgan fingerprint density at radius 1 is 1.47 bits per heavy atom. The Hall–Kier alpha value is -1.62. The van der Waals surface area contributed by atoms with Gasteiger partial charge in [-0.05, 0) is 19.9 Å². The van der Waals surface area contributed by atoms with Crippen molar-refractivity contribution in [1.82, 2.24) is 19.9 Å². The molecule has 0 spiro atoms. The topological polar surface area (TPSA) is 45.5 Å². The number of nitrogens with zero attached hydrogens (tertiary/aromatic N) is 4. The summed E-state index contributed by atoms with van der Waals surface area (Å²) in [6, 6.07) is 2.60. The third kappa shape index (κ3) is 1.86. The highest BCUT2D eigenvalue weighted by Crippen LogP contribution is 2.20. The van der Waals surface area contributed by atoms with Crippen LogP contribution in [0.2, 0.25) is 0 Å². The molecule has 2 aromatic heterocycles. The summed E-state index contributed by atoms with van der Waals surface area (Å²) in [5.41, 5.74) is 2.13. The Morgan fingerprint density at radius 3 is 3.18 bits per heavy atom. The summed E-state index contributed by atoms with van der Waals surface area (Å²) in [5.74, 6) is 1.04. The first-order chi connectivity index (χ1) is 8.24. The van der Waals surface area contributed by atoms with E-state index in [2.05, 4.69) is 33.3 Å². The minimum Gasteiger partial charge on any atom is -0.352 e. The average Bonchev–Trinajstić information content (AvgIpc) is 2.68. The Balaban J connectivity index is 2.04. The molecule has 0 aromatic carbocycles. The molecule has 0 amide bonds. The molecule has 3 rings (SSSR count). The van der Waals surface area contributed by atoms with Crippen LogP contribution in [0.4, 0.5) is 5.82 Å². The average molecular weight is 231 g/mol.